The SMILES string of the molecule is CCCN(CCC)c1cc(C)nc2c1NC(=O)CN2c1ccc(C(C)C)cc1Br. The van der Waals surface area contributed by atoms with Gasteiger partial charge in [0.05, 0.1) is 11.4 Å². The lowest BCUT2D eigenvalue weighted by Gasteiger charge is -2.35. The van der Waals surface area contributed by atoms with Gasteiger partial charge in [0, 0.05) is 23.3 Å². The molecule has 2 aromatic rings. The molecule has 0 unspecified atom stereocenters. The molecule has 0 aliphatic carbocycles. The van der Waals surface area contributed by atoms with Crippen molar-refractivity contribution in [2.24, 2.45) is 0 Å². The smallest absolute Gasteiger partial charge is 0.244 e. The van der Waals surface area contributed by atoms with E-state index in [0.29, 0.717) is 5.92 Å². The molecule has 1 aromatic carbocycles. The van der Waals surface area contributed by atoms with Gasteiger partial charge in [-0.05, 0) is 65.4 Å². The summed E-state index contributed by atoms with van der Waals surface area (Å²) in [6, 6.07) is 8.45. The summed E-state index contributed by atoms with van der Waals surface area (Å²) in [6.07, 6.45) is 2.10. The van der Waals surface area contributed by atoms with Crippen molar-refractivity contribution in [3.63, 3.8) is 0 Å². The van der Waals surface area contributed by atoms with E-state index in [2.05, 4.69) is 78.1 Å². The minimum absolute atomic E-state index is 0.0165. The fourth-order valence-electron chi connectivity index (χ4n) is 3.79. The lowest BCUT2D eigenvalue weighted by Crippen LogP contribution is -2.37. The summed E-state index contributed by atoms with van der Waals surface area (Å²) in [7, 11) is 0. The maximum Gasteiger partial charge on any atom is 0.244 e. The highest BCUT2D eigenvalue weighted by atomic mass is 79.9. The van der Waals surface area contributed by atoms with Crippen LogP contribution in [-0.4, -0.2) is 30.5 Å². The van der Waals surface area contributed by atoms with Crippen molar-refractivity contribution in [1.82, 2.24) is 4.98 Å². The molecule has 0 spiro atoms. The van der Waals surface area contributed by atoms with Crippen LogP contribution in [-0.2, 0) is 4.79 Å². The number of aryl methyl sites for hydroxylation is 1. The van der Waals surface area contributed by atoms with Crippen LogP contribution in [0.15, 0.2) is 28.7 Å². The van der Waals surface area contributed by atoms with E-state index < -0.39 is 0 Å². The molecule has 1 aliphatic heterocycles. The van der Waals surface area contributed by atoms with Gasteiger partial charge in [0.2, 0.25) is 5.91 Å². The van der Waals surface area contributed by atoms with Crippen molar-refractivity contribution >= 4 is 44.7 Å². The average molecular weight is 459 g/mol. The predicted molar refractivity (Wildman–Crippen MR) is 126 cm³/mol. The third kappa shape index (κ3) is 4.58. The Bertz CT molecular complexity index is 891. The highest BCUT2D eigenvalue weighted by molar-refractivity contribution is 9.10. The van der Waals surface area contributed by atoms with E-state index in [1.54, 1.807) is 0 Å². The third-order valence-corrected chi connectivity index (χ3v) is 5.82. The topological polar surface area (TPSA) is 48.5 Å². The number of nitrogens with one attached hydrogen (secondary N) is 1. The molecule has 0 radical (unpaired) electrons. The average Bonchev–Trinajstić information content (AvgIpc) is 2.67. The van der Waals surface area contributed by atoms with Gasteiger partial charge in [0.25, 0.3) is 0 Å². The van der Waals surface area contributed by atoms with Crippen LogP contribution in [0.3, 0.4) is 0 Å². The van der Waals surface area contributed by atoms with Gasteiger partial charge >= 0.3 is 0 Å². The van der Waals surface area contributed by atoms with E-state index in [1.165, 1.54) is 5.56 Å². The molecule has 29 heavy (non-hydrogen) atoms. The van der Waals surface area contributed by atoms with Crippen molar-refractivity contribution in [2.75, 3.05) is 34.8 Å². The summed E-state index contributed by atoms with van der Waals surface area (Å²) >= 11 is 3.73. The summed E-state index contributed by atoms with van der Waals surface area (Å²) in [4.78, 5) is 21.9. The standard InChI is InChI=1S/C23H31BrN4O/c1-6-10-27(11-7-2)20-12-16(5)25-23-22(20)26-21(29)14-28(23)19-9-8-17(15(3)4)13-18(19)24/h8-9,12-13,15H,6-7,10-11,14H2,1-5H3,(H,26,29). The van der Waals surface area contributed by atoms with Crippen LogP contribution in [0.25, 0.3) is 0 Å². The number of halogens is 1. The van der Waals surface area contributed by atoms with Crippen LogP contribution < -0.4 is 15.1 Å². The Morgan fingerprint density at radius 1 is 1.21 bits per heavy atom. The number of hydrogen-bond acceptors (Lipinski definition) is 4. The predicted octanol–water partition coefficient (Wildman–Crippen LogP) is 5.99. The van der Waals surface area contributed by atoms with Crippen molar-refractivity contribution in [3.8, 4) is 0 Å². The Balaban J connectivity index is 2.13. The molecule has 1 N–H and O–H groups in total. The lowest BCUT2D eigenvalue weighted by atomic mass is 10.0. The second-order valence-corrected chi connectivity index (χ2v) is 8.82. The minimum atomic E-state index is -0.0165. The summed E-state index contributed by atoms with van der Waals surface area (Å²) in [6.45, 7) is 12.9. The first-order valence-corrected chi connectivity index (χ1v) is 11.3. The number of nitrogens with zero attached hydrogens (tertiary/aromatic N) is 3. The van der Waals surface area contributed by atoms with Gasteiger partial charge in [-0.15, -0.1) is 0 Å². The second kappa shape index (κ2) is 9.16. The molecule has 0 fully saturated rings. The first-order valence-electron chi connectivity index (χ1n) is 10.5. The summed E-state index contributed by atoms with van der Waals surface area (Å²) < 4.78 is 0.980. The van der Waals surface area contributed by atoms with Crippen LogP contribution in [0.5, 0.6) is 0 Å². The summed E-state index contributed by atoms with van der Waals surface area (Å²) in [5.74, 6) is 1.24. The first-order chi connectivity index (χ1) is 13.8. The number of benzene rings is 1. The lowest BCUT2D eigenvalue weighted by molar-refractivity contribution is -0.115. The molecule has 6 heteroatoms. The van der Waals surface area contributed by atoms with Crippen LogP contribution in [0, 0.1) is 6.92 Å². The van der Waals surface area contributed by atoms with Crippen molar-refractivity contribution < 1.29 is 4.79 Å². The van der Waals surface area contributed by atoms with Gasteiger partial charge < -0.3 is 15.1 Å². The summed E-state index contributed by atoms with van der Waals surface area (Å²) in [5.41, 5.74) is 5.05. The zero-order chi connectivity index (χ0) is 21.1. The van der Waals surface area contributed by atoms with Gasteiger partial charge in [0.1, 0.15) is 12.2 Å². The van der Waals surface area contributed by atoms with Gasteiger partial charge in [0.15, 0.2) is 5.82 Å². The molecule has 5 nitrogen and oxygen atoms in total. The third-order valence-electron chi connectivity index (χ3n) is 5.19. The molecule has 1 aromatic heterocycles. The van der Waals surface area contributed by atoms with E-state index in [0.717, 1.165) is 59.0 Å². The number of pyridine rings is 1. The number of aromatic nitrogens is 1. The zero-order valence-corrected chi connectivity index (χ0v) is 19.6. The van der Waals surface area contributed by atoms with Crippen molar-refractivity contribution in [3.05, 3.63) is 40.0 Å². The molecule has 0 saturated heterocycles. The number of carbonyl (C=O) groups excluding carboxylic acids is 1. The number of amides is 1. The van der Waals surface area contributed by atoms with Crippen LogP contribution >= 0.6 is 15.9 Å². The van der Waals surface area contributed by atoms with E-state index in [1.807, 2.05) is 11.8 Å². The maximum atomic E-state index is 12.7. The van der Waals surface area contributed by atoms with Gasteiger partial charge in [-0.1, -0.05) is 33.8 Å². The fourth-order valence-corrected chi connectivity index (χ4v) is 4.41. The second-order valence-electron chi connectivity index (χ2n) is 7.97. The number of anilines is 4. The van der Waals surface area contributed by atoms with Gasteiger partial charge in [-0.25, -0.2) is 4.98 Å². The number of fused-ring (bicyclic) bond motifs is 1. The molecule has 1 amide bonds. The Kier molecular flexibility index (Phi) is 6.83. The zero-order valence-electron chi connectivity index (χ0n) is 18.1. The molecular formula is C23H31BrN4O. The van der Waals surface area contributed by atoms with Crippen LogP contribution in [0.2, 0.25) is 0 Å². The first kappa shape index (κ1) is 21.6. The molecule has 0 saturated carbocycles. The number of hydrogen-bond donors (Lipinski definition) is 1. The van der Waals surface area contributed by atoms with E-state index in [4.69, 9.17) is 4.98 Å². The van der Waals surface area contributed by atoms with Crippen molar-refractivity contribution in [2.45, 2.75) is 53.4 Å². The van der Waals surface area contributed by atoms with Gasteiger partial charge in [-0.3, -0.25) is 4.79 Å². The quantitative estimate of drug-likeness (QED) is 0.552. The fraction of sp³-hybridized carbons (Fsp3) is 0.478. The Hall–Kier alpha value is -2.08. The molecule has 156 valence electrons. The van der Waals surface area contributed by atoms with E-state index in [-0.39, 0.29) is 12.5 Å². The van der Waals surface area contributed by atoms with Crippen LogP contribution in [0.1, 0.15) is 57.7 Å². The normalized spacial score (nSPS) is 13.5. The Labute approximate surface area is 182 Å². The molecule has 3 rings (SSSR count). The van der Waals surface area contributed by atoms with E-state index in [9.17, 15) is 4.79 Å². The molecule has 1 aliphatic rings. The number of carbonyl (C=O) groups is 1. The van der Waals surface area contributed by atoms with Crippen LogP contribution in [0.4, 0.5) is 22.9 Å². The number of rotatable bonds is 7. The molecule has 0 atom stereocenters. The molecule has 2 heterocycles. The highest BCUT2D eigenvalue weighted by Crippen LogP contribution is 2.43. The molecular weight excluding hydrogens is 428 g/mol. The minimum Gasteiger partial charge on any atom is -0.370 e. The molecule has 0 bridgehead atoms. The van der Waals surface area contributed by atoms with Crippen molar-refractivity contribution in [1.29, 1.82) is 0 Å². The monoisotopic (exact) mass is 458 g/mol. The van der Waals surface area contributed by atoms with Gasteiger partial charge in [-0.2, -0.15) is 0 Å². The summed E-state index contributed by atoms with van der Waals surface area (Å²) in [5, 5.41) is 3.10. The maximum absolute atomic E-state index is 12.7. The van der Waals surface area contributed by atoms with E-state index >= 15 is 0 Å². The Morgan fingerprint density at radius 3 is 2.48 bits per heavy atom. The largest absolute Gasteiger partial charge is 0.370 e. The highest BCUT2D eigenvalue weighted by Gasteiger charge is 2.30. The Morgan fingerprint density at radius 2 is 1.90 bits per heavy atom.